The summed E-state index contributed by atoms with van der Waals surface area (Å²) in [4.78, 5) is 0. The summed E-state index contributed by atoms with van der Waals surface area (Å²) in [6.45, 7) is 0. The van der Waals surface area contributed by atoms with Crippen LogP contribution in [-0.2, 0) is 0 Å². The number of hydrogen-bond acceptors (Lipinski definition) is 2. The minimum absolute atomic E-state index is 0.347. The van der Waals surface area contributed by atoms with Crippen molar-refractivity contribution in [2.75, 3.05) is 7.05 Å². The number of hydrogen-bond donors (Lipinski definition) is 1. The molecule has 0 saturated heterocycles. The first kappa shape index (κ1) is 13.2. The Morgan fingerprint density at radius 1 is 1.26 bits per heavy atom. The topological polar surface area (TPSA) is 25.2 Å². The highest BCUT2D eigenvalue weighted by Crippen LogP contribution is 2.37. The van der Waals surface area contributed by atoms with Crippen molar-refractivity contribution in [3.05, 3.63) is 34.5 Å². The summed E-state index contributed by atoms with van der Waals surface area (Å²) in [6.07, 6.45) is 6.71. The van der Waals surface area contributed by atoms with E-state index in [0.717, 1.165) is 15.8 Å². The zero-order valence-electron chi connectivity index (χ0n) is 11.3. The van der Waals surface area contributed by atoms with E-state index in [4.69, 9.17) is 4.42 Å². The van der Waals surface area contributed by atoms with E-state index < -0.39 is 0 Å². The largest absolute Gasteiger partial charge is 0.458 e. The van der Waals surface area contributed by atoms with E-state index in [-0.39, 0.29) is 0 Å². The van der Waals surface area contributed by atoms with Crippen LogP contribution in [0, 0.1) is 5.92 Å². The molecule has 1 N–H and O–H groups in total. The molecule has 1 aromatic heterocycles. The summed E-state index contributed by atoms with van der Waals surface area (Å²) >= 11 is 3.56. The molecule has 3 heteroatoms. The third-order valence-electron chi connectivity index (χ3n) is 4.25. The molecule has 1 aliphatic carbocycles. The fourth-order valence-electron chi connectivity index (χ4n) is 3.28. The Bertz CT molecular complexity index is 557. The van der Waals surface area contributed by atoms with E-state index in [1.54, 1.807) is 0 Å². The molecule has 1 heterocycles. The van der Waals surface area contributed by atoms with Crippen molar-refractivity contribution in [1.29, 1.82) is 0 Å². The highest BCUT2D eigenvalue weighted by Gasteiger charge is 2.26. The lowest BCUT2D eigenvalue weighted by Gasteiger charge is -2.28. The van der Waals surface area contributed by atoms with E-state index in [2.05, 4.69) is 39.4 Å². The van der Waals surface area contributed by atoms with Gasteiger partial charge in [0.05, 0.1) is 10.5 Å². The summed E-state index contributed by atoms with van der Waals surface area (Å²) < 4.78 is 7.13. The van der Waals surface area contributed by atoms with Gasteiger partial charge >= 0.3 is 0 Å². The zero-order chi connectivity index (χ0) is 13.2. The van der Waals surface area contributed by atoms with Gasteiger partial charge in [-0.25, -0.2) is 0 Å². The van der Waals surface area contributed by atoms with Crippen molar-refractivity contribution in [2.24, 2.45) is 5.92 Å². The molecule has 1 atom stereocenters. The predicted octanol–water partition coefficient (Wildman–Crippen LogP) is 5.04. The Kier molecular flexibility index (Phi) is 3.94. The number of para-hydroxylation sites is 1. The molecule has 19 heavy (non-hydrogen) atoms. The summed E-state index contributed by atoms with van der Waals surface area (Å²) in [5.41, 5.74) is 0.966. The molecule has 102 valence electrons. The molecule has 1 fully saturated rings. The van der Waals surface area contributed by atoms with Crippen LogP contribution in [0.3, 0.4) is 0 Å². The number of rotatable bonds is 3. The van der Waals surface area contributed by atoms with Crippen LogP contribution in [0.15, 0.2) is 33.2 Å². The highest BCUT2D eigenvalue weighted by molar-refractivity contribution is 9.10. The van der Waals surface area contributed by atoms with Gasteiger partial charge in [0.25, 0.3) is 0 Å². The Hall–Kier alpha value is -0.800. The monoisotopic (exact) mass is 321 g/mol. The first-order valence-electron chi connectivity index (χ1n) is 7.15. The maximum atomic E-state index is 6.10. The molecule has 3 rings (SSSR count). The quantitative estimate of drug-likeness (QED) is 0.857. The van der Waals surface area contributed by atoms with Gasteiger partial charge in [0.15, 0.2) is 0 Å². The Labute approximate surface area is 122 Å². The molecular formula is C16H20BrNO. The third kappa shape index (κ3) is 2.59. The van der Waals surface area contributed by atoms with Crippen molar-refractivity contribution in [3.8, 4) is 0 Å². The minimum atomic E-state index is 0.347. The zero-order valence-corrected chi connectivity index (χ0v) is 12.9. The lowest BCUT2D eigenvalue weighted by molar-refractivity contribution is 0.257. The fraction of sp³-hybridized carbons (Fsp3) is 0.500. The van der Waals surface area contributed by atoms with Gasteiger partial charge in [-0.15, -0.1) is 0 Å². The van der Waals surface area contributed by atoms with Crippen molar-refractivity contribution in [2.45, 2.75) is 38.1 Å². The number of benzene rings is 1. The smallest absolute Gasteiger partial charge is 0.148 e. The van der Waals surface area contributed by atoms with Crippen LogP contribution in [0.5, 0.6) is 0 Å². The molecule has 2 aromatic rings. The van der Waals surface area contributed by atoms with Gasteiger partial charge in [-0.1, -0.05) is 31.4 Å². The highest BCUT2D eigenvalue weighted by atomic mass is 79.9. The van der Waals surface area contributed by atoms with E-state index in [0.29, 0.717) is 12.0 Å². The Morgan fingerprint density at radius 2 is 2.05 bits per heavy atom. The molecule has 1 aliphatic rings. The van der Waals surface area contributed by atoms with Gasteiger partial charge in [0.1, 0.15) is 11.3 Å². The molecule has 0 amide bonds. The SMILES string of the molecule is CNC(c1cc2cccc(Br)c2o1)C1CCCCC1. The average molecular weight is 322 g/mol. The van der Waals surface area contributed by atoms with Gasteiger partial charge in [-0.05, 0) is 53.9 Å². The van der Waals surface area contributed by atoms with E-state index >= 15 is 0 Å². The third-order valence-corrected chi connectivity index (χ3v) is 4.88. The number of halogens is 1. The summed E-state index contributed by atoms with van der Waals surface area (Å²) in [5, 5.41) is 4.64. The van der Waals surface area contributed by atoms with E-state index in [9.17, 15) is 0 Å². The molecule has 0 aliphatic heterocycles. The molecule has 1 unspecified atom stereocenters. The maximum Gasteiger partial charge on any atom is 0.148 e. The molecule has 0 spiro atoms. The molecule has 1 saturated carbocycles. The van der Waals surface area contributed by atoms with Gasteiger partial charge < -0.3 is 9.73 Å². The molecule has 0 bridgehead atoms. The van der Waals surface area contributed by atoms with E-state index in [1.165, 1.54) is 37.5 Å². The van der Waals surface area contributed by atoms with Gasteiger partial charge in [-0.3, -0.25) is 0 Å². The van der Waals surface area contributed by atoms with Crippen molar-refractivity contribution in [1.82, 2.24) is 5.32 Å². The number of furan rings is 1. The fourth-order valence-corrected chi connectivity index (χ4v) is 3.74. The summed E-state index contributed by atoms with van der Waals surface area (Å²) in [6, 6.07) is 8.74. The molecular weight excluding hydrogens is 302 g/mol. The summed E-state index contributed by atoms with van der Waals surface area (Å²) in [5.74, 6) is 1.79. The second-order valence-electron chi connectivity index (χ2n) is 5.47. The van der Waals surface area contributed by atoms with Gasteiger partial charge in [0.2, 0.25) is 0 Å². The van der Waals surface area contributed by atoms with Crippen LogP contribution < -0.4 is 5.32 Å². The van der Waals surface area contributed by atoms with Crippen molar-refractivity contribution >= 4 is 26.9 Å². The molecule has 0 radical (unpaired) electrons. The lowest BCUT2D eigenvalue weighted by atomic mass is 9.83. The predicted molar refractivity (Wildman–Crippen MR) is 82.3 cm³/mol. The lowest BCUT2D eigenvalue weighted by Crippen LogP contribution is -2.26. The average Bonchev–Trinajstić information content (AvgIpc) is 2.86. The first-order chi connectivity index (χ1) is 9.29. The van der Waals surface area contributed by atoms with Gasteiger partial charge in [-0.2, -0.15) is 0 Å². The Balaban J connectivity index is 1.94. The molecule has 2 nitrogen and oxygen atoms in total. The van der Waals surface area contributed by atoms with Crippen molar-refractivity contribution < 1.29 is 4.42 Å². The Morgan fingerprint density at radius 3 is 2.74 bits per heavy atom. The standard InChI is InChI=1S/C16H20BrNO/c1-18-15(11-6-3-2-4-7-11)14-10-12-8-5-9-13(17)16(12)19-14/h5,8-11,15,18H,2-4,6-7H2,1H3. The second-order valence-corrected chi connectivity index (χ2v) is 6.33. The van der Waals surface area contributed by atoms with Crippen LogP contribution in [0.1, 0.15) is 43.9 Å². The number of nitrogens with one attached hydrogen (secondary N) is 1. The first-order valence-corrected chi connectivity index (χ1v) is 7.94. The van der Waals surface area contributed by atoms with Crippen LogP contribution in [-0.4, -0.2) is 7.05 Å². The van der Waals surface area contributed by atoms with Crippen LogP contribution in [0.2, 0.25) is 0 Å². The van der Waals surface area contributed by atoms with Crippen LogP contribution in [0.4, 0.5) is 0 Å². The van der Waals surface area contributed by atoms with Gasteiger partial charge in [0, 0.05) is 5.39 Å². The molecule has 1 aromatic carbocycles. The van der Waals surface area contributed by atoms with E-state index in [1.807, 2.05) is 13.1 Å². The summed E-state index contributed by atoms with van der Waals surface area (Å²) in [7, 11) is 2.04. The van der Waals surface area contributed by atoms with Crippen LogP contribution in [0.25, 0.3) is 11.0 Å². The normalized spacial score (nSPS) is 18.8. The minimum Gasteiger partial charge on any atom is -0.458 e. The van der Waals surface area contributed by atoms with Crippen molar-refractivity contribution in [3.63, 3.8) is 0 Å². The maximum absolute atomic E-state index is 6.10. The number of fused-ring (bicyclic) bond motifs is 1. The van der Waals surface area contributed by atoms with Crippen LogP contribution >= 0.6 is 15.9 Å². The second kappa shape index (κ2) is 5.68.